The van der Waals surface area contributed by atoms with Gasteiger partial charge in [-0.25, -0.2) is 9.97 Å². The number of hydrogen-bond acceptors (Lipinski definition) is 2. The van der Waals surface area contributed by atoms with E-state index in [-0.39, 0.29) is 0 Å². The molecule has 2 nitrogen and oxygen atoms in total. The van der Waals surface area contributed by atoms with E-state index in [0.29, 0.717) is 0 Å². The van der Waals surface area contributed by atoms with Crippen molar-refractivity contribution in [1.29, 1.82) is 0 Å². The van der Waals surface area contributed by atoms with Crippen molar-refractivity contribution in [3.05, 3.63) is 83.7 Å². The van der Waals surface area contributed by atoms with Gasteiger partial charge in [0.25, 0.3) is 0 Å². The van der Waals surface area contributed by atoms with Crippen LogP contribution in [0.1, 0.15) is 75.0 Å². The topological polar surface area (TPSA) is 25.8 Å². The SMILES string of the molecule is CCCCCCCCc1cnc(-c2ccc(CCCCc3ccccc3)cc2)nc1. The summed E-state index contributed by atoms with van der Waals surface area (Å²) >= 11 is 0. The fraction of sp³-hybridized carbons (Fsp3) is 0.429. The van der Waals surface area contributed by atoms with Crippen LogP contribution in [0, 0.1) is 0 Å². The number of rotatable bonds is 13. The molecule has 0 saturated carbocycles. The first-order valence-electron chi connectivity index (χ1n) is 11.8. The Kier molecular flexibility index (Phi) is 9.59. The molecule has 2 heteroatoms. The van der Waals surface area contributed by atoms with Gasteiger partial charge in [0, 0.05) is 18.0 Å². The molecular weight excluding hydrogens is 364 g/mol. The predicted molar refractivity (Wildman–Crippen MR) is 128 cm³/mol. The summed E-state index contributed by atoms with van der Waals surface area (Å²) in [6.45, 7) is 2.26. The molecule has 3 aromatic rings. The largest absolute Gasteiger partial charge is 0.236 e. The molecule has 0 bridgehead atoms. The zero-order valence-electron chi connectivity index (χ0n) is 18.5. The van der Waals surface area contributed by atoms with Crippen molar-refractivity contribution < 1.29 is 0 Å². The quantitative estimate of drug-likeness (QED) is 0.276. The maximum absolute atomic E-state index is 4.60. The molecule has 0 spiro atoms. The van der Waals surface area contributed by atoms with E-state index < -0.39 is 0 Å². The number of unbranched alkanes of at least 4 members (excludes halogenated alkanes) is 6. The molecule has 0 amide bonds. The first-order chi connectivity index (χ1) is 14.8. The van der Waals surface area contributed by atoms with Crippen LogP contribution < -0.4 is 0 Å². The molecule has 0 unspecified atom stereocenters. The van der Waals surface area contributed by atoms with Gasteiger partial charge >= 0.3 is 0 Å². The molecule has 0 fully saturated rings. The standard InChI is InChI=1S/C28H36N2/c1-2-3-4-5-6-8-17-26-22-29-28(30-23-26)27-20-18-25(19-21-27)16-12-11-15-24-13-9-7-10-14-24/h7,9-10,13-14,18-23H,2-6,8,11-12,15-17H2,1H3. The van der Waals surface area contributed by atoms with E-state index in [1.54, 1.807) is 0 Å². The number of nitrogens with zero attached hydrogens (tertiary/aromatic N) is 2. The Hall–Kier alpha value is -2.48. The summed E-state index contributed by atoms with van der Waals surface area (Å²) < 4.78 is 0. The lowest BCUT2D eigenvalue weighted by molar-refractivity contribution is 0.607. The summed E-state index contributed by atoms with van der Waals surface area (Å²) in [6, 6.07) is 19.5. The van der Waals surface area contributed by atoms with Crippen LogP contribution in [0.15, 0.2) is 67.0 Å². The van der Waals surface area contributed by atoms with Crippen molar-refractivity contribution in [2.45, 2.75) is 77.6 Å². The number of aromatic nitrogens is 2. The average Bonchev–Trinajstić information content (AvgIpc) is 2.81. The van der Waals surface area contributed by atoms with E-state index in [4.69, 9.17) is 0 Å². The Labute approximate surface area is 182 Å². The Morgan fingerprint density at radius 1 is 0.533 bits per heavy atom. The van der Waals surface area contributed by atoms with E-state index in [2.05, 4.69) is 71.5 Å². The molecule has 1 heterocycles. The summed E-state index contributed by atoms with van der Waals surface area (Å²) in [4.78, 5) is 9.21. The second kappa shape index (κ2) is 13.0. The minimum absolute atomic E-state index is 0.831. The van der Waals surface area contributed by atoms with Gasteiger partial charge in [0.05, 0.1) is 0 Å². The average molecular weight is 401 g/mol. The lowest BCUT2D eigenvalue weighted by atomic mass is 10.0. The van der Waals surface area contributed by atoms with Crippen molar-refractivity contribution in [1.82, 2.24) is 9.97 Å². The van der Waals surface area contributed by atoms with Crippen LogP contribution in [-0.2, 0) is 19.3 Å². The molecule has 30 heavy (non-hydrogen) atoms. The molecule has 0 saturated heterocycles. The minimum atomic E-state index is 0.831. The third-order valence-corrected chi connectivity index (χ3v) is 5.76. The molecule has 2 aromatic carbocycles. The molecule has 1 aromatic heterocycles. The summed E-state index contributed by atoms with van der Waals surface area (Å²) in [5.41, 5.74) is 5.19. The molecule has 0 atom stereocenters. The van der Waals surface area contributed by atoms with Crippen LogP contribution in [0.2, 0.25) is 0 Å². The highest BCUT2D eigenvalue weighted by Crippen LogP contribution is 2.18. The van der Waals surface area contributed by atoms with Crippen molar-refractivity contribution in [3.63, 3.8) is 0 Å². The van der Waals surface area contributed by atoms with Gasteiger partial charge in [0.1, 0.15) is 0 Å². The van der Waals surface area contributed by atoms with Crippen LogP contribution >= 0.6 is 0 Å². The smallest absolute Gasteiger partial charge is 0.159 e. The first-order valence-corrected chi connectivity index (χ1v) is 11.8. The fourth-order valence-electron chi connectivity index (χ4n) is 3.87. The zero-order valence-corrected chi connectivity index (χ0v) is 18.5. The van der Waals surface area contributed by atoms with Crippen molar-refractivity contribution >= 4 is 0 Å². The Morgan fingerprint density at radius 3 is 1.73 bits per heavy atom. The summed E-state index contributed by atoms with van der Waals surface area (Å²) in [7, 11) is 0. The van der Waals surface area contributed by atoms with Crippen molar-refractivity contribution in [3.8, 4) is 11.4 Å². The first kappa shape index (κ1) is 22.2. The molecule has 3 rings (SSSR count). The summed E-state index contributed by atoms with van der Waals surface area (Å²) in [5, 5.41) is 0. The number of benzene rings is 2. The molecule has 0 aliphatic heterocycles. The third kappa shape index (κ3) is 7.74. The van der Waals surface area contributed by atoms with E-state index in [9.17, 15) is 0 Å². The predicted octanol–water partition coefficient (Wildman–Crippen LogP) is 7.61. The lowest BCUT2D eigenvalue weighted by Crippen LogP contribution is -1.94. The number of hydrogen-bond donors (Lipinski definition) is 0. The maximum Gasteiger partial charge on any atom is 0.159 e. The van der Waals surface area contributed by atoms with Crippen LogP contribution in [0.3, 0.4) is 0 Å². The Bertz CT molecular complexity index is 823. The van der Waals surface area contributed by atoms with E-state index in [1.165, 1.54) is 68.1 Å². The second-order valence-corrected chi connectivity index (χ2v) is 8.32. The normalized spacial score (nSPS) is 11.0. The monoisotopic (exact) mass is 400 g/mol. The van der Waals surface area contributed by atoms with Gasteiger partial charge in [-0.2, -0.15) is 0 Å². The van der Waals surface area contributed by atoms with Gasteiger partial charge in [0.15, 0.2) is 5.82 Å². The fourth-order valence-corrected chi connectivity index (χ4v) is 3.87. The molecule has 158 valence electrons. The van der Waals surface area contributed by atoms with Gasteiger partial charge in [0.2, 0.25) is 0 Å². The van der Waals surface area contributed by atoms with Gasteiger partial charge in [-0.3, -0.25) is 0 Å². The van der Waals surface area contributed by atoms with Crippen LogP contribution in [0.5, 0.6) is 0 Å². The third-order valence-electron chi connectivity index (χ3n) is 5.76. The minimum Gasteiger partial charge on any atom is -0.236 e. The van der Waals surface area contributed by atoms with Gasteiger partial charge in [-0.05, 0) is 55.2 Å². The van der Waals surface area contributed by atoms with Crippen LogP contribution in [0.4, 0.5) is 0 Å². The molecular formula is C28H36N2. The highest BCUT2D eigenvalue weighted by Gasteiger charge is 2.03. The van der Waals surface area contributed by atoms with Crippen LogP contribution in [0.25, 0.3) is 11.4 Å². The van der Waals surface area contributed by atoms with E-state index in [1.807, 2.05) is 12.4 Å². The lowest BCUT2D eigenvalue weighted by Gasteiger charge is -2.06. The van der Waals surface area contributed by atoms with Crippen molar-refractivity contribution in [2.75, 3.05) is 0 Å². The maximum atomic E-state index is 4.60. The van der Waals surface area contributed by atoms with Gasteiger partial charge in [-0.1, -0.05) is 93.6 Å². The molecule has 0 aliphatic carbocycles. The Balaban J connectivity index is 1.39. The van der Waals surface area contributed by atoms with Crippen molar-refractivity contribution in [2.24, 2.45) is 0 Å². The Morgan fingerprint density at radius 2 is 1.07 bits per heavy atom. The zero-order chi connectivity index (χ0) is 20.9. The van der Waals surface area contributed by atoms with E-state index >= 15 is 0 Å². The van der Waals surface area contributed by atoms with Crippen LogP contribution in [-0.4, -0.2) is 9.97 Å². The second-order valence-electron chi connectivity index (χ2n) is 8.32. The highest BCUT2D eigenvalue weighted by molar-refractivity contribution is 5.55. The molecule has 0 aliphatic rings. The summed E-state index contributed by atoms with van der Waals surface area (Å²) in [5.74, 6) is 0.831. The molecule has 0 radical (unpaired) electrons. The number of aryl methyl sites for hydroxylation is 3. The van der Waals surface area contributed by atoms with Gasteiger partial charge < -0.3 is 0 Å². The molecule has 0 N–H and O–H groups in total. The van der Waals surface area contributed by atoms with E-state index in [0.717, 1.165) is 30.7 Å². The highest BCUT2D eigenvalue weighted by atomic mass is 14.9. The summed E-state index contributed by atoms with van der Waals surface area (Å²) in [6.07, 6.45) is 17.8. The van der Waals surface area contributed by atoms with Gasteiger partial charge in [-0.15, -0.1) is 0 Å².